The van der Waals surface area contributed by atoms with Gasteiger partial charge in [-0.25, -0.2) is 4.68 Å². The number of hydrogen-bond acceptors (Lipinski definition) is 7. The van der Waals surface area contributed by atoms with E-state index in [1.165, 1.54) is 6.33 Å². The van der Waals surface area contributed by atoms with Gasteiger partial charge in [-0.05, 0) is 34.7 Å². The fraction of sp³-hybridized carbons (Fsp3) is 0.111. The van der Waals surface area contributed by atoms with E-state index in [0.29, 0.717) is 17.2 Å². The highest BCUT2D eigenvalue weighted by Crippen LogP contribution is 2.29. The average molecular weight is 349 g/mol. The fourth-order valence-corrected chi connectivity index (χ4v) is 2.51. The van der Waals surface area contributed by atoms with E-state index in [2.05, 4.69) is 20.7 Å². The second kappa shape index (κ2) is 7.06. The SMILES string of the molecule is COc1ccccc1-c1cc(COc2cccc(-n3cnnn3)c2)on1. The van der Waals surface area contributed by atoms with E-state index in [1.54, 1.807) is 11.8 Å². The second-order valence-electron chi connectivity index (χ2n) is 5.42. The molecule has 0 N–H and O–H groups in total. The van der Waals surface area contributed by atoms with Crippen molar-refractivity contribution >= 4 is 0 Å². The molecule has 0 saturated carbocycles. The Labute approximate surface area is 149 Å². The van der Waals surface area contributed by atoms with Gasteiger partial charge in [0, 0.05) is 17.7 Å². The topological polar surface area (TPSA) is 88.1 Å². The van der Waals surface area contributed by atoms with Crippen molar-refractivity contribution < 1.29 is 14.0 Å². The molecule has 26 heavy (non-hydrogen) atoms. The van der Waals surface area contributed by atoms with Gasteiger partial charge in [-0.2, -0.15) is 0 Å². The van der Waals surface area contributed by atoms with Crippen LogP contribution in [0, 0.1) is 0 Å². The van der Waals surface area contributed by atoms with Gasteiger partial charge < -0.3 is 14.0 Å². The molecular weight excluding hydrogens is 334 g/mol. The van der Waals surface area contributed by atoms with Gasteiger partial charge in [0.2, 0.25) is 0 Å². The van der Waals surface area contributed by atoms with Gasteiger partial charge in [-0.1, -0.05) is 23.4 Å². The van der Waals surface area contributed by atoms with Crippen LogP contribution in [-0.2, 0) is 6.61 Å². The van der Waals surface area contributed by atoms with E-state index < -0.39 is 0 Å². The summed E-state index contributed by atoms with van der Waals surface area (Å²) in [6.45, 7) is 0.251. The second-order valence-corrected chi connectivity index (χ2v) is 5.42. The summed E-state index contributed by atoms with van der Waals surface area (Å²) < 4.78 is 18.1. The van der Waals surface area contributed by atoms with Crippen LogP contribution in [0.15, 0.2) is 65.4 Å². The van der Waals surface area contributed by atoms with Crippen LogP contribution in [0.3, 0.4) is 0 Å². The normalized spacial score (nSPS) is 10.7. The summed E-state index contributed by atoms with van der Waals surface area (Å²) in [6.07, 6.45) is 1.52. The molecule has 2 aromatic heterocycles. The maximum absolute atomic E-state index is 5.79. The first-order valence-corrected chi connectivity index (χ1v) is 7.89. The first-order chi connectivity index (χ1) is 12.8. The van der Waals surface area contributed by atoms with Crippen LogP contribution < -0.4 is 9.47 Å². The van der Waals surface area contributed by atoms with Gasteiger partial charge >= 0.3 is 0 Å². The number of para-hydroxylation sites is 1. The highest BCUT2D eigenvalue weighted by atomic mass is 16.5. The number of hydrogen-bond donors (Lipinski definition) is 0. The highest BCUT2D eigenvalue weighted by molar-refractivity contribution is 5.66. The molecule has 8 heteroatoms. The van der Waals surface area contributed by atoms with Crippen LogP contribution in [0.5, 0.6) is 11.5 Å². The van der Waals surface area contributed by atoms with Crippen LogP contribution >= 0.6 is 0 Å². The van der Waals surface area contributed by atoms with Gasteiger partial charge in [0.1, 0.15) is 30.1 Å². The van der Waals surface area contributed by atoms with Crippen LogP contribution in [0.1, 0.15) is 5.76 Å². The molecule has 0 bridgehead atoms. The van der Waals surface area contributed by atoms with E-state index in [0.717, 1.165) is 17.0 Å². The van der Waals surface area contributed by atoms with Gasteiger partial charge in [-0.3, -0.25) is 0 Å². The maximum atomic E-state index is 5.79. The third-order valence-corrected chi connectivity index (χ3v) is 3.75. The van der Waals surface area contributed by atoms with Crippen LogP contribution in [-0.4, -0.2) is 32.5 Å². The fourth-order valence-electron chi connectivity index (χ4n) is 2.51. The average Bonchev–Trinajstić information content (AvgIpc) is 3.39. The van der Waals surface area contributed by atoms with E-state index in [-0.39, 0.29) is 6.61 Å². The Kier molecular flexibility index (Phi) is 4.29. The number of ether oxygens (including phenoxy) is 2. The zero-order valence-corrected chi connectivity index (χ0v) is 13.9. The largest absolute Gasteiger partial charge is 0.496 e. The van der Waals surface area contributed by atoms with Crippen molar-refractivity contribution in [3.05, 3.63) is 66.7 Å². The summed E-state index contributed by atoms with van der Waals surface area (Å²) in [7, 11) is 1.63. The summed E-state index contributed by atoms with van der Waals surface area (Å²) in [6, 6.07) is 16.9. The Hall–Kier alpha value is -3.68. The first kappa shape index (κ1) is 15.8. The van der Waals surface area contributed by atoms with Crippen molar-refractivity contribution in [3.8, 4) is 28.4 Å². The number of tetrazole rings is 1. The standard InChI is InChI=1S/C18H15N5O3/c1-24-18-8-3-2-7-16(18)17-10-15(26-20-17)11-25-14-6-4-5-13(9-14)23-12-19-21-22-23/h2-10,12H,11H2,1H3. The lowest BCUT2D eigenvalue weighted by Crippen LogP contribution is -1.97. The smallest absolute Gasteiger partial charge is 0.174 e. The van der Waals surface area contributed by atoms with Gasteiger partial charge in [0.05, 0.1) is 12.8 Å². The molecule has 0 unspecified atom stereocenters. The summed E-state index contributed by atoms with van der Waals surface area (Å²) in [5, 5.41) is 15.2. The van der Waals surface area contributed by atoms with Gasteiger partial charge in [0.25, 0.3) is 0 Å². The molecule has 0 aliphatic rings. The molecule has 2 heterocycles. The predicted molar refractivity (Wildman–Crippen MR) is 92.0 cm³/mol. The number of methoxy groups -OCH3 is 1. The van der Waals surface area contributed by atoms with Crippen molar-refractivity contribution in [1.29, 1.82) is 0 Å². The third-order valence-electron chi connectivity index (χ3n) is 3.75. The molecule has 0 aliphatic carbocycles. The van der Waals surface area contributed by atoms with E-state index >= 15 is 0 Å². The molecule has 0 amide bonds. The van der Waals surface area contributed by atoms with E-state index in [1.807, 2.05) is 54.6 Å². The zero-order chi connectivity index (χ0) is 17.8. The molecule has 8 nitrogen and oxygen atoms in total. The molecule has 0 saturated heterocycles. The molecule has 0 spiro atoms. The Morgan fingerprint density at radius 2 is 2.00 bits per heavy atom. The molecule has 0 aliphatic heterocycles. The number of benzene rings is 2. The van der Waals surface area contributed by atoms with Crippen LogP contribution in [0.25, 0.3) is 16.9 Å². The molecule has 4 aromatic rings. The summed E-state index contributed by atoms with van der Waals surface area (Å²) in [5.41, 5.74) is 2.37. The Balaban J connectivity index is 1.48. The molecule has 130 valence electrons. The van der Waals surface area contributed by atoms with Crippen molar-refractivity contribution in [1.82, 2.24) is 25.4 Å². The predicted octanol–water partition coefficient (Wildman–Crippen LogP) is 2.90. The van der Waals surface area contributed by atoms with Crippen LogP contribution in [0.4, 0.5) is 0 Å². The summed E-state index contributed by atoms with van der Waals surface area (Å²) in [4.78, 5) is 0. The monoisotopic (exact) mass is 349 g/mol. The minimum Gasteiger partial charge on any atom is -0.496 e. The lowest BCUT2D eigenvalue weighted by atomic mass is 10.1. The lowest BCUT2D eigenvalue weighted by Gasteiger charge is -2.05. The van der Waals surface area contributed by atoms with Crippen molar-refractivity contribution in [2.45, 2.75) is 6.61 Å². The molecule has 0 atom stereocenters. The molecule has 4 rings (SSSR count). The Morgan fingerprint density at radius 3 is 2.85 bits per heavy atom. The summed E-state index contributed by atoms with van der Waals surface area (Å²) in [5.74, 6) is 2.02. The van der Waals surface area contributed by atoms with Crippen molar-refractivity contribution in [3.63, 3.8) is 0 Å². The van der Waals surface area contributed by atoms with Crippen molar-refractivity contribution in [2.75, 3.05) is 7.11 Å². The first-order valence-electron chi connectivity index (χ1n) is 7.89. The summed E-state index contributed by atoms with van der Waals surface area (Å²) >= 11 is 0. The number of nitrogens with zero attached hydrogens (tertiary/aromatic N) is 5. The van der Waals surface area contributed by atoms with Crippen molar-refractivity contribution in [2.24, 2.45) is 0 Å². The molecular formula is C18H15N5O3. The number of aromatic nitrogens is 5. The third kappa shape index (κ3) is 3.25. The van der Waals surface area contributed by atoms with Gasteiger partial charge in [-0.15, -0.1) is 5.10 Å². The number of rotatable bonds is 6. The Bertz CT molecular complexity index is 998. The molecule has 2 aromatic carbocycles. The van der Waals surface area contributed by atoms with Gasteiger partial charge in [0.15, 0.2) is 5.76 Å². The minimum atomic E-state index is 0.251. The zero-order valence-electron chi connectivity index (χ0n) is 13.9. The molecule has 0 fully saturated rings. The highest BCUT2D eigenvalue weighted by Gasteiger charge is 2.11. The lowest BCUT2D eigenvalue weighted by molar-refractivity contribution is 0.249. The minimum absolute atomic E-state index is 0.251. The quantitative estimate of drug-likeness (QED) is 0.529. The Morgan fingerprint density at radius 1 is 1.08 bits per heavy atom. The van der Waals surface area contributed by atoms with Crippen LogP contribution in [0.2, 0.25) is 0 Å². The maximum Gasteiger partial charge on any atom is 0.174 e. The van der Waals surface area contributed by atoms with E-state index in [9.17, 15) is 0 Å². The van der Waals surface area contributed by atoms with E-state index in [4.69, 9.17) is 14.0 Å². The molecule has 0 radical (unpaired) electrons.